The standard InChI is InChI=1S/C15H16BrClO/c1-8-5-6-18-15(8)14(17)12-9(2)7-10(3)13(16)11(12)4/h5-7,14H,1-4H3. The Bertz CT molecular complexity index is 586. The normalized spacial score (nSPS) is 12.8. The molecule has 0 amide bonds. The van der Waals surface area contributed by atoms with Gasteiger partial charge in [0.2, 0.25) is 0 Å². The van der Waals surface area contributed by atoms with E-state index in [2.05, 4.69) is 42.8 Å². The Kier molecular flexibility index (Phi) is 3.88. The van der Waals surface area contributed by atoms with E-state index in [0.29, 0.717) is 0 Å². The lowest BCUT2D eigenvalue weighted by atomic mass is 9.95. The van der Waals surface area contributed by atoms with E-state index in [1.807, 2.05) is 13.0 Å². The molecule has 0 saturated carbocycles. The third-order valence-electron chi connectivity index (χ3n) is 3.32. The minimum Gasteiger partial charge on any atom is -0.467 e. The summed E-state index contributed by atoms with van der Waals surface area (Å²) in [6, 6.07) is 4.10. The number of alkyl halides is 1. The van der Waals surface area contributed by atoms with Crippen LogP contribution in [0, 0.1) is 27.7 Å². The highest BCUT2D eigenvalue weighted by Crippen LogP contribution is 2.38. The second-order valence-corrected chi connectivity index (χ2v) is 5.92. The summed E-state index contributed by atoms with van der Waals surface area (Å²) in [5.74, 6) is 0.832. The van der Waals surface area contributed by atoms with Crippen molar-refractivity contribution in [3.63, 3.8) is 0 Å². The van der Waals surface area contributed by atoms with E-state index in [4.69, 9.17) is 16.0 Å². The first-order valence-corrected chi connectivity index (χ1v) is 7.10. The van der Waals surface area contributed by atoms with Gasteiger partial charge in [0, 0.05) is 4.47 Å². The van der Waals surface area contributed by atoms with E-state index < -0.39 is 0 Å². The zero-order chi connectivity index (χ0) is 13.4. The van der Waals surface area contributed by atoms with Crippen LogP contribution in [0.5, 0.6) is 0 Å². The number of hydrogen-bond donors (Lipinski definition) is 0. The average Bonchev–Trinajstić information content (AvgIpc) is 2.72. The molecule has 1 heterocycles. The van der Waals surface area contributed by atoms with Gasteiger partial charge in [-0.1, -0.05) is 22.0 Å². The molecule has 2 rings (SSSR count). The summed E-state index contributed by atoms with van der Waals surface area (Å²) in [5, 5.41) is -0.239. The molecule has 96 valence electrons. The molecule has 1 aromatic carbocycles. The molecule has 1 nitrogen and oxygen atoms in total. The molecule has 0 aliphatic heterocycles. The Morgan fingerprint density at radius 3 is 2.33 bits per heavy atom. The van der Waals surface area contributed by atoms with Gasteiger partial charge in [-0.15, -0.1) is 11.6 Å². The number of hydrogen-bond acceptors (Lipinski definition) is 1. The van der Waals surface area contributed by atoms with Crippen LogP contribution in [0.25, 0.3) is 0 Å². The summed E-state index contributed by atoms with van der Waals surface area (Å²) in [5.41, 5.74) is 5.83. The van der Waals surface area contributed by atoms with Crippen LogP contribution in [0.2, 0.25) is 0 Å². The van der Waals surface area contributed by atoms with E-state index in [1.54, 1.807) is 6.26 Å². The van der Waals surface area contributed by atoms with Gasteiger partial charge in [-0.25, -0.2) is 0 Å². The van der Waals surface area contributed by atoms with E-state index in [9.17, 15) is 0 Å². The van der Waals surface area contributed by atoms with Gasteiger partial charge in [0.15, 0.2) is 0 Å². The molecular formula is C15H16BrClO. The predicted molar refractivity (Wildman–Crippen MR) is 79.5 cm³/mol. The second-order valence-electron chi connectivity index (χ2n) is 4.69. The summed E-state index contributed by atoms with van der Waals surface area (Å²) in [6.45, 7) is 8.29. The Morgan fingerprint density at radius 2 is 1.78 bits per heavy atom. The monoisotopic (exact) mass is 326 g/mol. The van der Waals surface area contributed by atoms with Crippen molar-refractivity contribution in [2.24, 2.45) is 0 Å². The lowest BCUT2D eigenvalue weighted by Gasteiger charge is -2.17. The van der Waals surface area contributed by atoms with Crippen molar-refractivity contribution in [3.05, 3.63) is 56.4 Å². The summed E-state index contributed by atoms with van der Waals surface area (Å²) in [6.07, 6.45) is 1.69. The van der Waals surface area contributed by atoms with Crippen LogP contribution in [0.4, 0.5) is 0 Å². The second kappa shape index (κ2) is 5.10. The van der Waals surface area contributed by atoms with Crippen LogP contribution < -0.4 is 0 Å². The number of rotatable bonds is 2. The van der Waals surface area contributed by atoms with Gasteiger partial charge >= 0.3 is 0 Å². The molecule has 1 unspecified atom stereocenters. The van der Waals surface area contributed by atoms with Crippen molar-refractivity contribution in [1.82, 2.24) is 0 Å². The minimum absolute atomic E-state index is 0.239. The number of benzene rings is 1. The van der Waals surface area contributed by atoms with Crippen LogP contribution in [0.15, 0.2) is 27.3 Å². The fourth-order valence-electron chi connectivity index (χ4n) is 2.34. The third-order valence-corrected chi connectivity index (χ3v) is 4.96. The maximum Gasteiger partial charge on any atom is 0.129 e. The number of furan rings is 1. The first kappa shape index (κ1) is 13.7. The van der Waals surface area contributed by atoms with E-state index in [1.165, 1.54) is 16.7 Å². The van der Waals surface area contributed by atoms with Crippen molar-refractivity contribution in [2.75, 3.05) is 0 Å². The Labute approximate surface area is 121 Å². The quantitative estimate of drug-likeness (QED) is 0.654. The maximum absolute atomic E-state index is 6.60. The summed E-state index contributed by atoms with van der Waals surface area (Å²) < 4.78 is 6.64. The molecule has 0 saturated heterocycles. The first-order chi connectivity index (χ1) is 8.43. The highest BCUT2D eigenvalue weighted by atomic mass is 79.9. The molecular weight excluding hydrogens is 312 g/mol. The van der Waals surface area contributed by atoms with Crippen LogP contribution >= 0.6 is 27.5 Å². The largest absolute Gasteiger partial charge is 0.467 e. The van der Waals surface area contributed by atoms with Gasteiger partial charge in [0.05, 0.1) is 6.26 Å². The predicted octanol–water partition coefficient (Wildman–Crippen LogP) is 5.60. The van der Waals surface area contributed by atoms with Gasteiger partial charge in [-0.3, -0.25) is 0 Å². The highest BCUT2D eigenvalue weighted by Gasteiger charge is 2.22. The molecule has 0 N–H and O–H groups in total. The molecule has 0 spiro atoms. The molecule has 0 aliphatic carbocycles. The zero-order valence-electron chi connectivity index (χ0n) is 11.0. The van der Waals surface area contributed by atoms with Crippen molar-refractivity contribution >= 4 is 27.5 Å². The molecule has 2 aromatic rings. The summed E-state index contributed by atoms with van der Waals surface area (Å²) in [7, 11) is 0. The average molecular weight is 328 g/mol. The van der Waals surface area contributed by atoms with Gasteiger partial charge in [-0.05, 0) is 61.6 Å². The molecule has 0 aliphatic rings. The highest BCUT2D eigenvalue weighted by molar-refractivity contribution is 9.10. The van der Waals surface area contributed by atoms with Gasteiger partial charge in [0.1, 0.15) is 11.1 Å². The molecule has 3 heteroatoms. The molecule has 18 heavy (non-hydrogen) atoms. The van der Waals surface area contributed by atoms with E-state index >= 15 is 0 Å². The van der Waals surface area contributed by atoms with Crippen molar-refractivity contribution < 1.29 is 4.42 Å². The first-order valence-electron chi connectivity index (χ1n) is 5.87. The van der Waals surface area contributed by atoms with Crippen LogP contribution in [-0.4, -0.2) is 0 Å². The molecule has 0 radical (unpaired) electrons. The van der Waals surface area contributed by atoms with Gasteiger partial charge in [-0.2, -0.15) is 0 Å². The Hall–Kier alpha value is -0.730. The summed E-state index contributed by atoms with van der Waals surface area (Å²) in [4.78, 5) is 0. The third kappa shape index (κ3) is 2.24. The Morgan fingerprint density at radius 1 is 1.11 bits per heavy atom. The van der Waals surface area contributed by atoms with Crippen LogP contribution in [-0.2, 0) is 0 Å². The fourth-order valence-corrected chi connectivity index (χ4v) is 3.23. The van der Waals surface area contributed by atoms with E-state index in [0.717, 1.165) is 21.4 Å². The van der Waals surface area contributed by atoms with Crippen molar-refractivity contribution in [1.29, 1.82) is 0 Å². The SMILES string of the molecule is Cc1ccoc1C(Cl)c1c(C)cc(C)c(Br)c1C. The maximum atomic E-state index is 6.60. The van der Waals surface area contributed by atoms with Gasteiger partial charge in [0.25, 0.3) is 0 Å². The van der Waals surface area contributed by atoms with Gasteiger partial charge < -0.3 is 4.42 Å². The topological polar surface area (TPSA) is 13.1 Å². The number of halogens is 2. The number of aryl methyl sites for hydroxylation is 3. The lowest BCUT2D eigenvalue weighted by Crippen LogP contribution is -2.02. The van der Waals surface area contributed by atoms with Crippen LogP contribution in [0.3, 0.4) is 0 Å². The van der Waals surface area contributed by atoms with Crippen LogP contribution in [0.1, 0.15) is 39.0 Å². The summed E-state index contributed by atoms with van der Waals surface area (Å²) >= 11 is 10.2. The van der Waals surface area contributed by atoms with Crippen molar-refractivity contribution in [3.8, 4) is 0 Å². The van der Waals surface area contributed by atoms with Crippen molar-refractivity contribution in [2.45, 2.75) is 33.1 Å². The molecule has 0 fully saturated rings. The minimum atomic E-state index is -0.239. The Balaban J connectivity index is 2.59. The molecule has 1 atom stereocenters. The molecule has 1 aromatic heterocycles. The fraction of sp³-hybridized carbons (Fsp3) is 0.333. The van der Waals surface area contributed by atoms with E-state index in [-0.39, 0.29) is 5.38 Å². The zero-order valence-corrected chi connectivity index (χ0v) is 13.3. The smallest absolute Gasteiger partial charge is 0.129 e. The molecule has 0 bridgehead atoms. The lowest BCUT2D eigenvalue weighted by molar-refractivity contribution is 0.513.